The Morgan fingerprint density at radius 2 is 1.95 bits per heavy atom. The van der Waals surface area contributed by atoms with Crippen molar-refractivity contribution in [3.05, 3.63) is 35.4 Å². The van der Waals surface area contributed by atoms with Crippen LogP contribution in [0.25, 0.3) is 0 Å². The van der Waals surface area contributed by atoms with Crippen LogP contribution in [0.5, 0.6) is 0 Å². The maximum atomic E-state index is 12.4. The smallest absolute Gasteiger partial charge is 0.416 e. The highest BCUT2D eigenvalue weighted by Crippen LogP contribution is 2.30. The first-order chi connectivity index (χ1) is 8.54. The molecule has 0 saturated heterocycles. The normalized spacial score (nSPS) is 14.1. The van der Waals surface area contributed by atoms with Gasteiger partial charge < -0.3 is 5.11 Å². The molecule has 1 rings (SSSR count). The lowest BCUT2D eigenvalue weighted by Crippen LogP contribution is -2.28. The maximum absolute atomic E-state index is 12.4. The molecule has 0 radical (unpaired) electrons. The van der Waals surface area contributed by atoms with Gasteiger partial charge >= 0.3 is 12.1 Å². The van der Waals surface area contributed by atoms with E-state index in [2.05, 4.69) is 0 Å². The number of carboxylic acids is 1. The van der Waals surface area contributed by atoms with Gasteiger partial charge in [-0.25, -0.2) is 8.42 Å². The van der Waals surface area contributed by atoms with Gasteiger partial charge in [-0.15, -0.1) is 0 Å². The molecule has 0 saturated carbocycles. The molecule has 0 spiro atoms. The van der Waals surface area contributed by atoms with E-state index >= 15 is 0 Å². The summed E-state index contributed by atoms with van der Waals surface area (Å²) in [5, 5.41) is 6.96. The second kappa shape index (κ2) is 5.20. The Hall–Kier alpha value is -1.57. The summed E-state index contributed by atoms with van der Waals surface area (Å²) >= 11 is 0. The van der Waals surface area contributed by atoms with Gasteiger partial charge in [-0.1, -0.05) is 18.2 Å². The summed E-state index contributed by atoms with van der Waals surface area (Å²) in [6.45, 7) is 0.977. The van der Waals surface area contributed by atoms with Crippen molar-refractivity contribution in [2.24, 2.45) is 0 Å². The molecule has 4 nitrogen and oxygen atoms in total. The number of halogens is 3. The number of hydrogen-bond acceptors (Lipinski definition) is 3. The second-order valence-corrected chi connectivity index (χ2v) is 6.31. The standard InChI is InChI=1S/C11H11F3O4S/c1-7(10(15)16)19(17,18)6-8-3-2-4-9(5-8)11(12,13)14/h2-5,7H,6H2,1H3,(H,15,16). The number of rotatable bonds is 4. The summed E-state index contributed by atoms with van der Waals surface area (Å²) < 4.78 is 60.6. The van der Waals surface area contributed by atoms with Crippen molar-refractivity contribution in [2.75, 3.05) is 0 Å². The third kappa shape index (κ3) is 3.95. The third-order valence-electron chi connectivity index (χ3n) is 2.51. The SMILES string of the molecule is CC(C(=O)O)S(=O)(=O)Cc1cccc(C(F)(F)F)c1. The van der Waals surface area contributed by atoms with Gasteiger partial charge in [-0.2, -0.15) is 13.2 Å². The largest absolute Gasteiger partial charge is 0.480 e. The van der Waals surface area contributed by atoms with Crippen LogP contribution >= 0.6 is 0 Å². The highest BCUT2D eigenvalue weighted by atomic mass is 32.2. The molecule has 0 fully saturated rings. The number of aliphatic carboxylic acids is 1. The third-order valence-corrected chi connectivity index (χ3v) is 4.52. The van der Waals surface area contributed by atoms with E-state index in [0.717, 1.165) is 19.1 Å². The predicted molar refractivity (Wildman–Crippen MR) is 61.2 cm³/mol. The van der Waals surface area contributed by atoms with Gasteiger partial charge in [0.05, 0.1) is 11.3 Å². The van der Waals surface area contributed by atoms with E-state index in [1.165, 1.54) is 6.07 Å². The summed E-state index contributed by atoms with van der Waals surface area (Å²) in [4.78, 5) is 10.6. The van der Waals surface area contributed by atoms with Gasteiger partial charge in [0.25, 0.3) is 0 Å². The lowest BCUT2D eigenvalue weighted by atomic mass is 10.1. The van der Waals surface area contributed by atoms with Crippen molar-refractivity contribution in [3.63, 3.8) is 0 Å². The monoisotopic (exact) mass is 296 g/mol. The fourth-order valence-electron chi connectivity index (χ4n) is 1.35. The minimum Gasteiger partial charge on any atom is -0.480 e. The highest BCUT2D eigenvalue weighted by molar-refractivity contribution is 7.91. The molecule has 1 N–H and O–H groups in total. The van der Waals surface area contributed by atoms with Gasteiger partial charge in [0, 0.05) is 0 Å². The van der Waals surface area contributed by atoms with E-state index in [4.69, 9.17) is 5.11 Å². The Morgan fingerprint density at radius 3 is 2.42 bits per heavy atom. The Morgan fingerprint density at radius 1 is 1.37 bits per heavy atom. The quantitative estimate of drug-likeness (QED) is 0.923. The zero-order valence-electron chi connectivity index (χ0n) is 9.81. The van der Waals surface area contributed by atoms with Crippen molar-refractivity contribution in [3.8, 4) is 0 Å². The molecule has 0 bridgehead atoms. The van der Waals surface area contributed by atoms with E-state index in [-0.39, 0.29) is 5.56 Å². The van der Waals surface area contributed by atoms with Gasteiger partial charge in [0.15, 0.2) is 15.1 Å². The molecule has 1 unspecified atom stereocenters. The number of sulfone groups is 1. The Balaban J connectivity index is 3.05. The van der Waals surface area contributed by atoms with Crippen LogP contribution < -0.4 is 0 Å². The Labute approximate surface area is 107 Å². The number of alkyl halides is 3. The summed E-state index contributed by atoms with van der Waals surface area (Å²) in [7, 11) is -4.04. The zero-order valence-corrected chi connectivity index (χ0v) is 10.6. The van der Waals surface area contributed by atoms with Crippen LogP contribution in [0.3, 0.4) is 0 Å². The fourth-order valence-corrected chi connectivity index (χ4v) is 2.55. The highest BCUT2D eigenvalue weighted by Gasteiger charge is 2.32. The lowest BCUT2D eigenvalue weighted by molar-refractivity contribution is -0.138. The Kier molecular flexibility index (Phi) is 4.24. The minimum absolute atomic E-state index is 0.0945. The van der Waals surface area contributed by atoms with E-state index in [1.54, 1.807) is 0 Å². The van der Waals surface area contributed by atoms with Gasteiger partial charge in [0.2, 0.25) is 0 Å². The number of carboxylic acid groups (broad SMARTS) is 1. The van der Waals surface area contributed by atoms with Gasteiger partial charge in [-0.05, 0) is 18.6 Å². The average molecular weight is 296 g/mol. The van der Waals surface area contributed by atoms with Crippen molar-refractivity contribution in [2.45, 2.75) is 24.1 Å². The minimum atomic E-state index is -4.57. The van der Waals surface area contributed by atoms with Crippen molar-refractivity contribution >= 4 is 15.8 Å². The van der Waals surface area contributed by atoms with Crippen LogP contribution in [-0.2, 0) is 26.6 Å². The van der Waals surface area contributed by atoms with Crippen LogP contribution in [0.15, 0.2) is 24.3 Å². The molecule has 0 amide bonds. The van der Waals surface area contributed by atoms with E-state index in [0.29, 0.717) is 6.07 Å². The molecule has 19 heavy (non-hydrogen) atoms. The van der Waals surface area contributed by atoms with Crippen LogP contribution in [0.2, 0.25) is 0 Å². The van der Waals surface area contributed by atoms with Crippen LogP contribution in [0.4, 0.5) is 13.2 Å². The molecule has 1 aromatic carbocycles. The fraction of sp³-hybridized carbons (Fsp3) is 0.364. The molecule has 8 heteroatoms. The molecule has 0 heterocycles. The van der Waals surface area contributed by atoms with E-state index in [1.807, 2.05) is 0 Å². The van der Waals surface area contributed by atoms with Crippen molar-refractivity contribution in [1.82, 2.24) is 0 Å². The first-order valence-electron chi connectivity index (χ1n) is 5.14. The first-order valence-corrected chi connectivity index (χ1v) is 6.86. The van der Waals surface area contributed by atoms with Crippen LogP contribution in [0.1, 0.15) is 18.1 Å². The maximum Gasteiger partial charge on any atom is 0.416 e. The van der Waals surface area contributed by atoms with Crippen LogP contribution in [-0.4, -0.2) is 24.7 Å². The van der Waals surface area contributed by atoms with E-state index < -0.39 is 38.5 Å². The first kappa shape index (κ1) is 15.5. The van der Waals surface area contributed by atoms with Crippen LogP contribution in [0, 0.1) is 0 Å². The van der Waals surface area contributed by atoms with Gasteiger partial charge in [0.1, 0.15) is 0 Å². The lowest BCUT2D eigenvalue weighted by Gasteiger charge is -2.11. The number of benzene rings is 1. The van der Waals surface area contributed by atoms with Crippen molar-refractivity contribution < 1.29 is 31.5 Å². The topological polar surface area (TPSA) is 71.4 Å². The van der Waals surface area contributed by atoms with E-state index in [9.17, 15) is 26.4 Å². The molecule has 0 aromatic heterocycles. The molecule has 0 aliphatic rings. The average Bonchev–Trinajstić information content (AvgIpc) is 2.26. The summed E-state index contributed by atoms with van der Waals surface area (Å²) in [5.74, 6) is -2.28. The Bertz CT molecular complexity index is 578. The molecule has 1 aromatic rings. The number of carbonyl (C=O) groups is 1. The molecular weight excluding hydrogens is 285 g/mol. The zero-order chi connectivity index (χ0) is 14.8. The molecular formula is C11H11F3O4S. The molecule has 0 aliphatic heterocycles. The predicted octanol–water partition coefficient (Wildman–Crippen LogP) is 2.09. The summed E-state index contributed by atoms with van der Waals surface area (Å²) in [6.07, 6.45) is -4.57. The summed E-state index contributed by atoms with van der Waals surface area (Å²) in [6, 6.07) is 3.81. The van der Waals surface area contributed by atoms with Crippen molar-refractivity contribution in [1.29, 1.82) is 0 Å². The molecule has 106 valence electrons. The second-order valence-electron chi connectivity index (χ2n) is 3.99. The summed E-state index contributed by atoms with van der Waals surface area (Å²) in [5.41, 5.74) is -1.06. The number of hydrogen-bond donors (Lipinski definition) is 1. The molecule has 0 aliphatic carbocycles. The molecule has 1 atom stereocenters. The van der Waals surface area contributed by atoms with Gasteiger partial charge in [-0.3, -0.25) is 4.79 Å².